The zero-order valence-electron chi connectivity index (χ0n) is 63.5. The lowest BCUT2D eigenvalue weighted by molar-refractivity contribution is -0.161. The zero-order valence-corrected chi connectivity index (χ0v) is 65.3. The number of aliphatic hydroxyl groups excluding tert-OH is 1. The highest BCUT2D eigenvalue weighted by Crippen LogP contribution is 2.45. The molecule has 0 aliphatic heterocycles. The molecule has 0 fully saturated rings. The number of ether oxygens (including phenoxy) is 4. The highest BCUT2D eigenvalue weighted by atomic mass is 31.2. The minimum atomic E-state index is -5.00. The summed E-state index contributed by atoms with van der Waals surface area (Å²) in [6.45, 7) is 4.41. The SMILES string of the molecule is CC/C=C\C/C=C\C/C=C\C/C=C\CCCCCCCCC(=O)OCC(COP(=O)(O)OCC(O)COP(=O)(O)OCC(COC(=O)CCCCCCCCC/C=C\C/C=C\C/C=C\CC)OC(=O)CCCCCCC/C=C\CCCC)OC(=O)CCCC/C=C\C/C=C\C/C=C\C/C=C\CC. The summed E-state index contributed by atoms with van der Waals surface area (Å²) in [7, 11) is -9.98. The lowest BCUT2D eigenvalue weighted by Crippen LogP contribution is -2.30. The van der Waals surface area contributed by atoms with Crippen molar-refractivity contribution in [2.24, 2.45) is 0 Å². The molecular formula is C83H138O17P2. The molecule has 0 saturated carbocycles. The van der Waals surface area contributed by atoms with Crippen molar-refractivity contribution >= 4 is 39.5 Å². The van der Waals surface area contributed by atoms with E-state index in [1.54, 1.807) is 0 Å². The van der Waals surface area contributed by atoms with Gasteiger partial charge in [0.15, 0.2) is 12.2 Å². The minimum absolute atomic E-state index is 0.0351. The second-order valence-corrected chi connectivity index (χ2v) is 28.4. The van der Waals surface area contributed by atoms with Crippen LogP contribution < -0.4 is 0 Å². The van der Waals surface area contributed by atoms with Crippen molar-refractivity contribution in [3.8, 4) is 0 Å². The van der Waals surface area contributed by atoms with Crippen LogP contribution in [0, 0.1) is 0 Å². The molecule has 0 aromatic rings. The van der Waals surface area contributed by atoms with Gasteiger partial charge in [-0.05, 0) is 154 Å². The fraction of sp³-hybridized carbons (Fsp3) is 0.663. The van der Waals surface area contributed by atoms with Crippen LogP contribution >= 0.6 is 15.6 Å². The van der Waals surface area contributed by atoms with Gasteiger partial charge in [-0.25, -0.2) is 9.13 Å². The number of allylic oxidation sites excluding steroid dienone is 24. The Bertz CT molecular complexity index is 2510. The molecule has 0 rings (SSSR count). The van der Waals surface area contributed by atoms with Gasteiger partial charge in [-0.3, -0.25) is 37.3 Å². The Balaban J connectivity index is 5.38. The second-order valence-electron chi connectivity index (χ2n) is 25.5. The molecule has 0 heterocycles. The van der Waals surface area contributed by atoms with Gasteiger partial charge >= 0.3 is 39.5 Å². The van der Waals surface area contributed by atoms with Gasteiger partial charge in [-0.15, -0.1) is 0 Å². The second kappa shape index (κ2) is 74.2. The van der Waals surface area contributed by atoms with E-state index in [1.165, 1.54) is 12.8 Å². The van der Waals surface area contributed by atoms with Crippen molar-refractivity contribution < 1.29 is 80.2 Å². The highest BCUT2D eigenvalue weighted by molar-refractivity contribution is 7.47. The monoisotopic (exact) mass is 1470 g/mol. The van der Waals surface area contributed by atoms with Crippen LogP contribution in [0.4, 0.5) is 0 Å². The molecule has 0 radical (unpaired) electrons. The molecule has 17 nitrogen and oxygen atoms in total. The van der Waals surface area contributed by atoms with E-state index in [4.69, 9.17) is 37.0 Å². The molecule has 5 unspecified atom stereocenters. The summed E-state index contributed by atoms with van der Waals surface area (Å²) in [5.74, 6) is -2.26. The first-order valence-electron chi connectivity index (χ1n) is 39.1. The van der Waals surface area contributed by atoms with Gasteiger partial charge in [0.1, 0.15) is 19.3 Å². The Morgan fingerprint density at radius 3 is 0.814 bits per heavy atom. The van der Waals surface area contributed by atoms with Crippen LogP contribution in [0.15, 0.2) is 146 Å². The predicted octanol–water partition coefficient (Wildman–Crippen LogP) is 22.7. The predicted molar refractivity (Wildman–Crippen MR) is 417 cm³/mol. The van der Waals surface area contributed by atoms with E-state index in [2.05, 4.69) is 174 Å². The maximum Gasteiger partial charge on any atom is 0.472 e. The smallest absolute Gasteiger partial charge is 0.462 e. The molecule has 5 atom stereocenters. The summed E-state index contributed by atoms with van der Waals surface area (Å²) in [5, 5.41) is 10.6. The van der Waals surface area contributed by atoms with Gasteiger partial charge in [0.2, 0.25) is 0 Å². The third kappa shape index (κ3) is 73.3. The van der Waals surface area contributed by atoms with Crippen molar-refractivity contribution in [1.82, 2.24) is 0 Å². The van der Waals surface area contributed by atoms with Crippen molar-refractivity contribution in [3.05, 3.63) is 146 Å². The van der Waals surface area contributed by atoms with E-state index in [0.717, 1.165) is 199 Å². The Labute approximate surface area is 617 Å². The average molecular weight is 1470 g/mol. The van der Waals surface area contributed by atoms with Crippen molar-refractivity contribution in [2.75, 3.05) is 39.6 Å². The fourth-order valence-electron chi connectivity index (χ4n) is 9.90. The lowest BCUT2D eigenvalue weighted by Gasteiger charge is -2.21. The maximum atomic E-state index is 13.1. The molecule has 0 aromatic heterocycles. The Morgan fingerprint density at radius 2 is 0.510 bits per heavy atom. The number of phosphoric acid groups is 2. The standard InChI is InChI=1S/C83H138O17P2/c1-5-9-13-17-21-25-29-32-35-37-38-40-43-45-49-52-56-60-64-68-81(86)94-74-79(100-83(88)70-66-62-58-54-50-46-41-34-31-27-23-19-15-11-7-3)76-98-102(91,92)96-72-77(84)71-95-101(89,90)97-75-78(99-82(87)69-65-61-57-53-47-28-24-20-16-12-8-4)73-93-80(85)67-63-59-55-51-48-44-42-39-36-33-30-26-22-18-14-10-6-2/h9-11,13-15,20-27,32-36,38,40-41,50,54,77-79,84H,5-8,12,16-19,28-31,37,39,42-49,51-53,55-76H2,1-4H3,(H,89,90)(H,91,92)/b13-9-,14-10-,15-11-,24-20-,25-21-,26-22-,27-23-,35-32-,36-33-,40-38-,41-34-,54-50-. The Morgan fingerprint density at radius 1 is 0.284 bits per heavy atom. The molecule has 0 bridgehead atoms. The third-order valence-electron chi connectivity index (χ3n) is 15.8. The normalized spacial score (nSPS) is 14.7. The maximum absolute atomic E-state index is 13.1. The fourth-order valence-corrected chi connectivity index (χ4v) is 11.5. The molecule has 0 aromatic carbocycles. The average Bonchev–Trinajstić information content (AvgIpc) is 0.939. The van der Waals surface area contributed by atoms with E-state index in [0.29, 0.717) is 32.1 Å². The van der Waals surface area contributed by atoms with E-state index < -0.39 is 97.5 Å². The third-order valence-corrected chi connectivity index (χ3v) is 17.7. The van der Waals surface area contributed by atoms with Crippen LogP contribution in [0.5, 0.6) is 0 Å². The molecule has 582 valence electrons. The molecule has 3 N–H and O–H groups in total. The number of unbranched alkanes of at least 4 members (excludes halogenated alkanes) is 22. The van der Waals surface area contributed by atoms with Gasteiger partial charge in [0.05, 0.1) is 26.4 Å². The van der Waals surface area contributed by atoms with Gasteiger partial charge in [0.25, 0.3) is 0 Å². The topological polar surface area (TPSA) is 237 Å². The number of carbonyl (C=O) groups is 4. The number of carbonyl (C=O) groups excluding carboxylic acids is 4. The Kier molecular flexibility index (Phi) is 70.5. The van der Waals surface area contributed by atoms with E-state index in [-0.39, 0.29) is 25.7 Å². The first-order chi connectivity index (χ1) is 49.7. The number of hydrogen-bond donors (Lipinski definition) is 3. The molecule has 0 spiro atoms. The van der Waals surface area contributed by atoms with E-state index in [1.807, 2.05) is 0 Å². The Hall–Kier alpha value is -5.06. The van der Waals surface area contributed by atoms with Crippen LogP contribution in [0.1, 0.15) is 297 Å². The molecule has 102 heavy (non-hydrogen) atoms. The summed E-state index contributed by atoms with van der Waals surface area (Å²) in [6.07, 6.45) is 84.1. The molecule has 0 saturated heterocycles. The van der Waals surface area contributed by atoms with Gasteiger partial charge in [0, 0.05) is 25.7 Å². The summed E-state index contributed by atoms with van der Waals surface area (Å²) < 4.78 is 68.5. The van der Waals surface area contributed by atoms with Crippen molar-refractivity contribution in [2.45, 2.75) is 316 Å². The van der Waals surface area contributed by atoms with Gasteiger partial charge in [-0.2, -0.15) is 0 Å². The number of rotatable bonds is 72. The largest absolute Gasteiger partial charge is 0.472 e. The molecular weight excluding hydrogens is 1330 g/mol. The first kappa shape index (κ1) is 96.9. The van der Waals surface area contributed by atoms with Crippen LogP contribution in [-0.2, 0) is 65.4 Å². The van der Waals surface area contributed by atoms with Gasteiger partial charge in [-0.1, -0.05) is 263 Å². The number of phosphoric ester groups is 2. The summed E-state index contributed by atoms with van der Waals surface area (Å²) in [6, 6.07) is 0. The summed E-state index contributed by atoms with van der Waals surface area (Å²) >= 11 is 0. The van der Waals surface area contributed by atoms with Crippen LogP contribution in [0.3, 0.4) is 0 Å². The quantitative estimate of drug-likeness (QED) is 0.0169. The number of esters is 4. The van der Waals surface area contributed by atoms with Crippen molar-refractivity contribution in [3.63, 3.8) is 0 Å². The molecule has 0 aliphatic carbocycles. The summed E-state index contributed by atoms with van der Waals surface area (Å²) in [4.78, 5) is 72.9. The van der Waals surface area contributed by atoms with Crippen LogP contribution in [-0.4, -0.2) is 96.7 Å². The summed E-state index contributed by atoms with van der Waals surface area (Å²) in [5.41, 5.74) is 0. The lowest BCUT2D eigenvalue weighted by atomic mass is 10.1. The van der Waals surface area contributed by atoms with E-state index in [9.17, 15) is 43.2 Å². The molecule has 0 amide bonds. The number of aliphatic hydroxyl groups is 1. The molecule has 0 aliphatic rings. The van der Waals surface area contributed by atoms with Crippen LogP contribution in [0.2, 0.25) is 0 Å². The first-order valence-corrected chi connectivity index (χ1v) is 42.1. The zero-order chi connectivity index (χ0) is 74.6. The van der Waals surface area contributed by atoms with Crippen LogP contribution in [0.25, 0.3) is 0 Å². The highest BCUT2D eigenvalue weighted by Gasteiger charge is 2.30. The van der Waals surface area contributed by atoms with Gasteiger partial charge < -0.3 is 33.8 Å². The minimum Gasteiger partial charge on any atom is -0.462 e. The van der Waals surface area contributed by atoms with Crippen molar-refractivity contribution in [1.29, 1.82) is 0 Å². The number of hydrogen-bond acceptors (Lipinski definition) is 15. The van der Waals surface area contributed by atoms with E-state index >= 15 is 0 Å². The molecule has 19 heteroatoms.